The van der Waals surface area contributed by atoms with E-state index in [4.69, 9.17) is 11.6 Å². The van der Waals surface area contributed by atoms with Gasteiger partial charge in [0.25, 0.3) is 0 Å². The first kappa shape index (κ1) is 6.98. The highest BCUT2D eigenvalue weighted by molar-refractivity contribution is 7.27. The van der Waals surface area contributed by atoms with Crippen LogP contribution in [0.3, 0.4) is 0 Å². The summed E-state index contributed by atoms with van der Waals surface area (Å²) in [7, 11) is 2.43. The SMILES string of the molecule is Fc1ccc(P)cc1Cl. The topological polar surface area (TPSA) is 0 Å². The van der Waals surface area contributed by atoms with Gasteiger partial charge in [0, 0.05) is 0 Å². The molecule has 1 aromatic rings. The summed E-state index contributed by atoms with van der Waals surface area (Å²) in [6.07, 6.45) is 0. The van der Waals surface area contributed by atoms with Crippen LogP contribution in [0.25, 0.3) is 0 Å². The summed E-state index contributed by atoms with van der Waals surface area (Å²) < 4.78 is 12.4. The normalized spacial score (nSPS) is 9.67. The third-order valence-corrected chi connectivity index (χ3v) is 1.59. The lowest BCUT2D eigenvalue weighted by Crippen LogP contribution is -1.89. The molecule has 0 N–H and O–H groups in total. The quantitative estimate of drug-likeness (QED) is 0.512. The molecule has 0 aliphatic rings. The van der Waals surface area contributed by atoms with Crippen molar-refractivity contribution in [1.82, 2.24) is 0 Å². The highest BCUT2D eigenvalue weighted by atomic mass is 35.5. The van der Waals surface area contributed by atoms with Gasteiger partial charge in [-0.25, -0.2) is 4.39 Å². The second-order valence-electron chi connectivity index (χ2n) is 1.67. The van der Waals surface area contributed by atoms with Gasteiger partial charge in [-0.05, 0) is 17.4 Å². The Balaban J connectivity index is 3.17. The van der Waals surface area contributed by atoms with E-state index in [2.05, 4.69) is 9.24 Å². The zero-order chi connectivity index (χ0) is 6.85. The van der Waals surface area contributed by atoms with Crippen LogP contribution in [0.4, 0.5) is 4.39 Å². The number of hydrogen-bond donors (Lipinski definition) is 0. The molecule has 0 radical (unpaired) electrons. The summed E-state index contributed by atoms with van der Waals surface area (Å²) in [5, 5.41) is 1.06. The highest BCUT2D eigenvalue weighted by Crippen LogP contribution is 2.11. The Hall–Kier alpha value is -0.130. The molecule has 0 saturated heterocycles. The molecule has 0 aliphatic heterocycles. The van der Waals surface area contributed by atoms with Crippen molar-refractivity contribution in [2.45, 2.75) is 0 Å². The monoisotopic (exact) mass is 162 g/mol. The van der Waals surface area contributed by atoms with Gasteiger partial charge in [-0.15, -0.1) is 9.24 Å². The van der Waals surface area contributed by atoms with E-state index in [-0.39, 0.29) is 10.8 Å². The van der Waals surface area contributed by atoms with Crippen LogP contribution in [0.1, 0.15) is 0 Å². The molecule has 1 aromatic carbocycles. The Kier molecular flexibility index (Phi) is 2.05. The Morgan fingerprint density at radius 2 is 2.11 bits per heavy atom. The van der Waals surface area contributed by atoms with Gasteiger partial charge in [-0.2, -0.15) is 0 Å². The van der Waals surface area contributed by atoms with E-state index in [9.17, 15) is 4.39 Å². The molecule has 1 unspecified atom stereocenters. The largest absolute Gasteiger partial charge is 0.205 e. The van der Waals surface area contributed by atoms with Gasteiger partial charge < -0.3 is 0 Å². The Morgan fingerprint density at radius 3 is 2.56 bits per heavy atom. The van der Waals surface area contributed by atoms with Crippen LogP contribution >= 0.6 is 20.8 Å². The zero-order valence-corrected chi connectivity index (χ0v) is 6.48. The van der Waals surface area contributed by atoms with Crippen LogP contribution in [-0.4, -0.2) is 0 Å². The Labute approximate surface area is 60.2 Å². The molecule has 0 fully saturated rings. The van der Waals surface area contributed by atoms with Crippen LogP contribution in [0.2, 0.25) is 5.02 Å². The van der Waals surface area contributed by atoms with E-state index in [1.807, 2.05) is 0 Å². The first-order valence-electron chi connectivity index (χ1n) is 2.40. The van der Waals surface area contributed by atoms with Gasteiger partial charge >= 0.3 is 0 Å². The van der Waals surface area contributed by atoms with Crippen LogP contribution in [-0.2, 0) is 0 Å². The first-order chi connectivity index (χ1) is 4.20. The Morgan fingerprint density at radius 1 is 1.44 bits per heavy atom. The van der Waals surface area contributed by atoms with E-state index in [1.54, 1.807) is 12.1 Å². The molecular formula is C6H5ClFP. The van der Waals surface area contributed by atoms with Crippen molar-refractivity contribution in [3.05, 3.63) is 29.0 Å². The lowest BCUT2D eigenvalue weighted by molar-refractivity contribution is 0.628. The Bertz CT molecular complexity index is 224. The molecule has 0 aliphatic carbocycles. The molecular weight excluding hydrogens is 157 g/mol. The second kappa shape index (κ2) is 2.64. The number of hydrogen-bond acceptors (Lipinski definition) is 0. The molecule has 0 spiro atoms. The van der Waals surface area contributed by atoms with E-state index in [0.29, 0.717) is 0 Å². The average Bonchev–Trinajstić information content (AvgIpc) is 1.80. The van der Waals surface area contributed by atoms with E-state index < -0.39 is 0 Å². The third kappa shape index (κ3) is 1.64. The molecule has 0 nitrogen and oxygen atoms in total. The van der Waals surface area contributed by atoms with Gasteiger partial charge in [-0.1, -0.05) is 17.7 Å². The van der Waals surface area contributed by atoms with E-state index in [1.165, 1.54) is 6.07 Å². The standard InChI is InChI=1S/C6H5ClFP/c7-5-3-4(9)1-2-6(5)8/h1-3H,9H2. The summed E-state index contributed by atoms with van der Waals surface area (Å²) in [5.41, 5.74) is 0. The first-order valence-corrected chi connectivity index (χ1v) is 3.36. The lowest BCUT2D eigenvalue weighted by Gasteiger charge is -1.92. The summed E-state index contributed by atoms with van der Waals surface area (Å²) in [4.78, 5) is 0. The van der Waals surface area contributed by atoms with Crippen molar-refractivity contribution in [3.8, 4) is 0 Å². The predicted octanol–water partition coefficient (Wildman–Crippen LogP) is 1.98. The van der Waals surface area contributed by atoms with E-state index >= 15 is 0 Å². The molecule has 0 amide bonds. The van der Waals surface area contributed by atoms with Crippen molar-refractivity contribution in [1.29, 1.82) is 0 Å². The minimum absolute atomic E-state index is 0.169. The summed E-state index contributed by atoms with van der Waals surface area (Å²) in [6, 6.07) is 4.54. The van der Waals surface area contributed by atoms with Crippen LogP contribution in [0, 0.1) is 5.82 Å². The molecule has 3 heteroatoms. The van der Waals surface area contributed by atoms with Gasteiger partial charge in [0.05, 0.1) is 5.02 Å². The van der Waals surface area contributed by atoms with Crippen molar-refractivity contribution in [2.24, 2.45) is 0 Å². The lowest BCUT2D eigenvalue weighted by atomic mass is 10.3. The van der Waals surface area contributed by atoms with Crippen LogP contribution in [0.15, 0.2) is 18.2 Å². The number of benzene rings is 1. The maximum atomic E-state index is 12.4. The molecule has 1 rings (SSSR count). The fraction of sp³-hybridized carbons (Fsp3) is 0. The van der Waals surface area contributed by atoms with Gasteiger partial charge in [0.15, 0.2) is 0 Å². The molecule has 0 heterocycles. The number of rotatable bonds is 0. The van der Waals surface area contributed by atoms with Crippen LogP contribution < -0.4 is 5.30 Å². The second-order valence-corrected chi connectivity index (χ2v) is 2.75. The van der Waals surface area contributed by atoms with Gasteiger partial charge in [0.1, 0.15) is 5.82 Å². The third-order valence-electron chi connectivity index (χ3n) is 0.944. The molecule has 0 bridgehead atoms. The fourth-order valence-electron chi connectivity index (χ4n) is 0.512. The van der Waals surface area contributed by atoms with Crippen molar-refractivity contribution in [3.63, 3.8) is 0 Å². The minimum atomic E-state index is -0.372. The highest BCUT2D eigenvalue weighted by Gasteiger charge is 1.95. The van der Waals surface area contributed by atoms with E-state index in [0.717, 1.165) is 5.30 Å². The van der Waals surface area contributed by atoms with Crippen molar-refractivity contribution in [2.75, 3.05) is 0 Å². The maximum absolute atomic E-state index is 12.4. The molecule has 1 atom stereocenters. The summed E-state index contributed by atoms with van der Waals surface area (Å²) in [6.45, 7) is 0. The number of halogens is 2. The van der Waals surface area contributed by atoms with Crippen LogP contribution in [0.5, 0.6) is 0 Å². The maximum Gasteiger partial charge on any atom is 0.141 e. The zero-order valence-electron chi connectivity index (χ0n) is 4.57. The van der Waals surface area contributed by atoms with Crippen molar-refractivity contribution < 1.29 is 4.39 Å². The molecule has 9 heavy (non-hydrogen) atoms. The smallest absolute Gasteiger partial charge is 0.141 e. The average molecular weight is 163 g/mol. The summed E-state index contributed by atoms with van der Waals surface area (Å²) in [5.74, 6) is -0.372. The van der Waals surface area contributed by atoms with Gasteiger partial charge in [-0.3, -0.25) is 0 Å². The molecule has 0 aromatic heterocycles. The molecule has 0 saturated carbocycles. The predicted molar refractivity (Wildman–Crippen MR) is 40.8 cm³/mol. The van der Waals surface area contributed by atoms with Gasteiger partial charge in [0.2, 0.25) is 0 Å². The summed E-state index contributed by atoms with van der Waals surface area (Å²) >= 11 is 5.43. The van der Waals surface area contributed by atoms with Crippen molar-refractivity contribution >= 4 is 26.1 Å². The molecule has 48 valence electrons. The minimum Gasteiger partial charge on any atom is -0.205 e. The fourth-order valence-corrected chi connectivity index (χ4v) is 1.07.